The molecule has 0 aromatic carbocycles. The Labute approximate surface area is 247 Å². The third-order valence-corrected chi connectivity index (χ3v) is 12.8. The first-order valence-corrected chi connectivity index (χ1v) is 15.9. The normalized spacial score (nSPS) is 38.4. The van der Waals surface area contributed by atoms with Crippen molar-refractivity contribution in [3.05, 3.63) is 23.3 Å². The van der Waals surface area contributed by atoms with Crippen molar-refractivity contribution in [2.24, 2.45) is 45.3 Å². The molecule has 0 aromatic heterocycles. The number of carbonyl (C=O) groups is 3. The topological polar surface area (TPSA) is 89.9 Å². The van der Waals surface area contributed by atoms with Crippen molar-refractivity contribution in [1.82, 2.24) is 0 Å². The number of carbonyl (C=O) groups excluding carboxylic acids is 2. The van der Waals surface area contributed by atoms with Gasteiger partial charge in [0, 0.05) is 24.7 Å². The lowest BCUT2D eigenvalue weighted by molar-refractivity contribution is -0.168. The first-order chi connectivity index (χ1) is 18.9. The van der Waals surface area contributed by atoms with Gasteiger partial charge in [-0.15, -0.1) is 0 Å². The van der Waals surface area contributed by atoms with E-state index in [4.69, 9.17) is 9.47 Å². The van der Waals surface area contributed by atoms with Crippen LogP contribution in [0.1, 0.15) is 120 Å². The van der Waals surface area contributed by atoms with E-state index >= 15 is 0 Å². The van der Waals surface area contributed by atoms with Gasteiger partial charge in [0.1, 0.15) is 12.2 Å². The molecule has 2 fully saturated rings. The van der Waals surface area contributed by atoms with Gasteiger partial charge in [0.25, 0.3) is 0 Å². The van der Waals surface area contributed by atoms with Crippen molar-refractivity contribution in [2.75, 3.05) is 0 Å². The summed E-state index contributed by atoms with van der Waals surface area (Å²) in [7, 11) is 0. The van der Waals surface area contributed by atoms with Crippen molar-refractivity contribution < 1.29 is 29.0 Å². The summed E-state index contributed by atoms with van der Waals surface area (Å²) >= 11 is 0. The Morgan fingerprint density at radius 1 is 0.927 bits per heavy atom. The van der Waals surface area contributed by atoms with E-state index in [0.717, 1.165) is 44.1 Å². The molecule has 8 atom stereocenters. The minimum absolute atomic E-state index is 0.0296. The van der Waals surface area contributed by atoms with E-state index in [0.29, 0.717) is 31.1 Å². The predicted molar refractivity (Wildman–Crippen MR) is 160 cm³/mol. The van der Waals surface area contributed by atoms with E-state index in [1.807, 2.05) is 0 Å². The Hall–Kier alpha value is -2.11. The lowest BCUT2D eigenvalue weighted by atomic mass is 9.43. The lowest BCUT2D eigenvalue weighted by Crippen LogP contribution is -2.57. The molecule has 0 aromatic rings. The Balaban J connectivity index is 1.77. The molecular weight excluding hydrogens is 516 g/mol. The minimum Gasteiger partial charge on any atom is -0.481 e. The fourth-order valence-corrected chi connectivity index (χ4v) is 10.2. The number of fused-ring (bicyclic) bond motifs is 4. The van der Waals surface area contributed by atoms with Gasteiger partial charge >= 0.3 is 17.9 Å². The number of aliphatic carboxylic acids is 1. The zero-order valence-corrected chi connectivity index (χ0v) is 27.0. The van der Waals surface area contributed by atoms with Gasteiger partial charge < -0.3 is 14.6 Å². The largest absolute Gasteiger partial charge is 0.481 e. The lowest BCUT2D eigenvalue weighted by Gasteiger charge is -2.62. The number of rotatable bonds is 8. The second-order valence-corrected chi connectivity index (χ2v) is 15.3. The summed E-state index contributed by atoms with van der Waals surface area (Å²) in [4.78, 5) is 37.2. The average molecular weight is 571 g/mol. The fraction of sp³-hybridized carbons (Fsp3) is 0.800. The number of esters is 2. The summed E-state index contributed by atoms with van der Waals surface area (Å²) in [6, 6.07) is 0. The van der Waals surface area contributed by atoms with Crippen LogP contribution in [0.3, 0.4) is 0 Å². The molecule has 0 amide bonds. The van der Waals surface area contributed by atoms with Crippen LogP contribution in [0.4, 0.5) is 0 Å². The molecule has 4 aliphatic rings. The molecule has 0 saturated heterocycles. The first-order valence-electron chi connectivity index (χ1n) is 15.9. The van der Waals surface area contributed by atoms with Crippen LogP contribution in [0.2, 0.25) is 0 Å². The van der Waals surface area contributed by atoms with E-state index in [1.165, 1.54) is 25.0 Å². The van der Waals surface area contributed by atoms with Crippen molar-refractivity contribution in [3.8, 4) is 0 Å². The first kappa shape index (κ1) is 31.8. The van der Waals surface area contributed by atoms with Crippen LogP contribution in [0.25, 0.3) is 0 Å². The molecule has 6 heteroatoms. The number of carboxylic acid groups (broad SMARTS) is 1. The Morgan fingerprint density at radius 2 is 1.54 bits per heavy atom. The quantitative estimate of drug-likeness (QED) is 0.236. The molecule has 230 valence electrons. The van der Waals surface area contributed by atoms with Gasteiger partial charge in [-0.3, -0.25) is 14.4 Å². The van der Waals surface area contributed by atoms with E-state index in [-0.39, 0.29) is 46.3 Å². The molecule has 6 nitrogen and oxygen atoms in total. The van der Waals surface area contributed by atoms with E-state index in [9.17, 15) is 19.5 Å². The standard InChI is InChI=1S/C35H54O6/c1-20(2)21(3)11-12-24(31(38)39)27-19-30(41-23(5)37)35(10)26-13-14-28-32(6,7)29(40-22(4)36)16-17-33(28,8)25(26)15-18-34(27,35)9/h20,24,27-30H,3,11-19H2,1-2,4-10H3,(H,38,39)/t24-,27-,28+,29+,30+,33-,34-,35-/m1/s1. The van der Waals surface area contributed by atoms with Gasteiger partial charge in [-0.2, -0.15) is 0 Å². The van der Waals surface area contributed by atoms with Gasteiger partial charge in [0.2, 0.25) is 0 Å². The molecule has 2 saturated carbocycles. The average Bonchev–Trinajstić information content (AvgIpc) is 3.07. The van der Waals surface area contributed by atoms with Crippen molar-refractivity contribution >= 4 is 17.9 Å². The number of ether oxygens (including phenoxy) is 2. The summed E-state index contributed by atoms with van der Waals surface area (Å²) in [5.74, 6) is -1.17. The second-order valence-electron chi connectivity index (χ2n) is 15.3. The maximum absolute atomic E-state index is 12.8. The molecule has 4 aliphatic carbocycles. The van der Waals surface area contributed by atoms with Crippen LogP contribution in [0.15, 0.2) is 23.3 Å². The fourth-order valence-electron chi connectivity index (χ4n) is 10.2. The highest BCUT2D eigenvalue weighted by molar-refractivity contribution is 5.71. The van der Waals surface area contributed by atoms with Gasteiger partial charge in [-0.25, -0.2) is 0 Å². The van der Waals surface area contributed by atoms with E-state index in [2.05, 4.69) is 55.0 Å². The number of carboxylic acids is 1. The predicted octanol–water partition coefficient (Wildman–Crippen LogP) is 7.90. The van der Waals surface area contributed by atoms with Crippen LogP contribution in [0.5, 0.6) is 0 Å². The molecular formula is C35H54O6. The van der Waals surface area contributed by atoms with Gasteiger partial charge in [0.05, 0.1) is 5.92 Å². The second kappa shape index (κ2) is 10.9. The highest BCUT2D eigenvalue weighted by Crippen LogP contribution is 2.73. The van der Waals surface area contributed by atoms with Crippen molar-refractivity contribution in [3.63, 3.8) is 0 Å². The van der Waals surface area contributed by atoms with Crippen molar-refractivity contribution in [1.29, 1.82) is 0 Å². The van der Waals surface area contributed by atoms with Gasteiger partial charge in [-0.1, -0.05) is 71.8 Å². The summed E-state index contributed by atoms with van der Waals surface area (Å²) in [5.41, 5.74) is 3.09. The highest BCUT2D eigenvalue weighted by Gasteiger charge is 2.68. The van der Waals surface area contributed by atoms with Crippen LogP contribution in [-0.2, 0) is 23.9 Å². The molecule has 1 N–H and O–H groups in total. The monoisotopic (exact) mass is 570 g/mol. The third kappa shape index (κ3) is 4.99. The smallest absolute Gasteiger partial charge is 0.306 e. The molecule has 0 bridgehead atoms. The zero-order valence-electron chi connectivity index (χ0n) is 27.0. The third-order valence-electron chi connectivity index (χ3n) is 12.8. The molecule has 0 radical (unpaired) electrons. The van der Waals surface area contributed by atoms with E-state index < -0.39 is 17.3 Å². The number of hydrogen-bond acceptors (Lipinski definition) is 5. The van der Waals surface area contributed by atoms with Crippen LogP contribution >= 0.6 is 0 Å². The van der Waals surface area contributed by atoms with Crippen molar-refractivity contribution in [2.45, 2.75) is 132 Å². The van der Waals surface area contributed by atoms with Crippen LogP contribution in [0, 0.1) is 45.3 Å². The Kier molecular flexibility index (Phi) is 8.43. The Morgan fingerprint density at radius 3 is 2.10 bits per heavy atom. The van der Waals surface area contributed by atoms with Gasteiger partial charge in [0.15, 0.2) is 0 Å². The molecule has 41 heavy (non-hydrogen) atoms. The molecule has 0 unspecified atom stereocenters. The van der Waals surface area contributed by atoms with E-state index in [1.54, 1.807) is 0 Å². The zero-order chi connectivity index (χ0) is 30.7. The summed E-state index contributed by atoms with van der Waals surface area (Å²) in [6.07, 6.45) is 6.91. The summed E-state index contributed by atoms with van der Waals surface area (Å²) in [6.45, 7) is 22.9. The maximum Gasteiger partial charge on any atom is 0.306 e. The van der Waals surface area contributed by atoms with Crippen LogP contribution < -0.4 is 0 Å². The summed E-state index contributed by atoms with van der Waals surface area (Å²) < 4.78 is 12.0. The number of hydrogen-bond donors (Lipinski definition) is 1. The highest BCUT2D eigenvalue weighted by atomic mass is 16.5. The van der Waals surface area contributed by atoms with Gasteiger partial charge in [-0.05, 0) is 86.4 Å². The molecule has 0 spiro atoms. The van der Waals surface area contributed by atoms with Crippen LogP contribution in [-0.4, -0.2) is 35.2 Å². The number of allylic oxidation sites excluding steroid dienone is 2. The molecule has 0 heterocycles. The molecule has 4 rings (SSSR count). The Bertz CT molecular complexity index is 1130. The SMILES string of the molecule is C=C(CC[C@@H](C(=O)O)[C@H]1C[C@H](OC(C)=O)[C@@]2(C)C3=C(CC[C@]12C)[C@@]1(C)CC[C@H](OC(C)=O)C(C)(C)[C@@H]1CC3)C(C)C. The minimum atomic E-state index is -0.750. The maximum atomic E-state index is 12.8. The molecule has 0 aliphatic heterocycles. The summed E-state index contributed by atoms with van der Waals surface area (Å²) in [5, 5.41) is 10.5.